The molecule has 0 heterocycles. The van der Waals surface area contributed by atoms with E-state index in [1.165, 1.54) is 36.2 Å². The molecule has 0 fully saturated rings. The van der Waals surface area contributed by atoms with E-state index in [2.05, 4.69) is 5.32 Å². The Kier molecular flexibility index (Phi) is 6.61. The summed E-state index contributed by atoms with van der Waals surface area (Å²) in [7, 11) is 1.46. The summed E-state index contributed by atoms with van der Waals surface area (Å²) in [6.07, 6.45) is 0. The molecule has 0 aliphatic heterocycles. The lowest BCUT2D eigenvalue weighted by Gasteiger charge is -2.17. The number of rotatable bonds is 6. The number of ether oxygens (including phenoxy) is 1. The van der Waals surface area contributed by atoms with Crippen molar-refractivity contribution in [2.75, 3.05) is 25.5 Å². The van der Waals surface area contributed by atoms with Crippen LogP contribution >= 0.6 is 23.2 Å². The van der Waals surface area contributed by atoms with E-state index >= 15 is 0 Å². The van der Waals surface area contributed by atoms with Crippen LogP contribution in [0.25, 0.3) is 0 Å². The predicted molar refractivity (Wildman–Crippen MR) is 94.6 cm³/mol. The third-order valence-corrected chi connectivity index (χ3v) is 3.84. The molecule has 0 spiro atoms. The van der Waals surface area contributed by atoms with Crippen LogP contribution in [0.1, 0.15) is 0 Å². The first-order valence-corrected chi connectivity index (χ1v) is 7.98. The summed E-state index contributed by atoms with van der Waals surface area (Å²) in [5, 5.41) is 3.17. The van der Waals surface area contributed by atoms with E-state index in [9.17, 15) is 14.0 Å². The Labute approximate surface area is 154 Å². The second-order valence-electron chi connectivity index (χ2n) is 5.14. The van der Waals surface area contributed by atoms with Crippen LogP contribution in [0, 0.1) is 5.82 Å². The lowest BCUT2D eigenvalue weighted by atomic mass is 10.3. The van der Waals surface area contributed by atoms with Crippen LogP contribution in [0.15, 0.2) is 42.5 Å². The third-order valence-electron chi connectivity index (χ3n) is 3.21. The average Bonchev–Trinajstić information content (AvgIpc) is 2.57. The number of anilines is 1. The number of hydrogen-bond acceptors (Lipinski definition) is 3. The number of benzene rings is 2. The fourth-order valence-electron chi connectivity index (χ4n) is 1.89. The number of likely N-dealkylation sites (N-methyl/N-ethyl adjacent to an activating group) is 1. The zero-order valence-electron chi connectivity index (χ0n) is 13.3. The van der Waals surface area contributed by atoms with Crippen molar-refractivity contribution < 1.29 is 18.7 Å². The van der Waals surface area contributed by atoms with E-state index in [4.69, 9.17) is 27.9 Å². The Morgan fingerprint density at radius 3 is 2.32 bits per heavy atom. The highest BCUT2D eigenvalue weighted by Crippen LogP contribution is 2.29. The van der Waals surface area contributed by atoms with Crippen LogP contribution in [0.3, 0.4) is 0 Å². The van der Waals surface area contributed by atoms with Gasteiger partial charge >= 0.3 is 0 Å². The van der Waals surface area contributed by atoms with Crippen molar-refractivity contribution >= 4 is 40.7 Å². The SMILES string of the molecule is CN(CC(=O)Nc1c(Cl)cccc1Cl)C(=O)COc1ccc(F)cc1. The molecule has 2 aromatic carbocycles. The molecule has 2 aromatic rings. The van der Waals surface area contributed by atoms with Gasteiger partial charge in [-0.05, 0) is 36.4 Å². The van der Waals surface area contributed by atoms with Crippen LogP contribution in [0.2, 0.25) is 10.0 Å². The number of nitrogens with zero attached hydrogens (tertiary/aromatic N) is 1. The molecule has 2 rings (SSSR count). The van der Waals surface area contributed by atoms with Gasteiger partial charge in [0.05, 0.1) is 22.3 Å². The Morgan fingerprint density at radius 2 is 1.72 bits per heavy atom. The average molecular weight is 385 g/mol. The number of carbonyl (C=O) groups excluding carboxylic acids is 2. The van der Waals surface area contributed by atoms with E-state index in [1.807, 2.05) is 0 Å². The minimum Gasteiger partial charge on any atom is -0.484 e. The van der Waals surface area contributed by atoms with E-state index in [-0.39, 0.29) is 13.2 Å². The summed E-state index contributed by atoms with van der Waals surface area (Å²) in [5.41, 5.74) is 0.291. The molecule has 0 aliphatic carbocycles. The van der Waals surface area contributed by atoms with Crippen LogP contribution in [-0.2, 0) is 9.59 Å². The minimum absolute atomic E-state index is 0.201. The van der Waals surface area contributed by atoms with Crippen molar-refractivity contribution in [3.05, 3.63) is 58.3 Å². The van der Waals surface area contributed by atoms with Gasteiger partial charge in [-0.25, -0.2) is 4.39 Å². The summed E-state index contributed by atoms with van der Waals surface area (Å²) in [5.74, 6) is -0.904. The van der Waals surface area contributed by atoms with Gasteiger partial charge < -0.3 is 15.0 Å². The zero-order chi connectivity index (χ0) is 18.4. The number of para-hydroxylation sites is 1. The summed E-state index contributed by atoms with van der Waals surface area (Å²) in [4.78, 5) is 25.2. The van der Waals surface area contributed by atoms with Gasteiger partial charge in [0, 0.05) is 7.05 Å². The molecular weight excluding hydrogens is 370 g/mol. The van der Waals surface area contributed by atoms with E-state index in [1.54, 1.807) is 18.2 Å². The number of halogens is 3. The predicted octanol–water partition coefficient (Wildman–Crippen LogP) is 3.61. The lowest BCUT2D eigenvalue weighted by molar-refractivity contribution is -0.135. The summed E-state index contributed by atoms with van der Waals surface area (Å²) in [6.45, 7) is -0.477. The first-order valence-electron chi connectivity index (χ1n) is 7.23. The molecule has 0 saturated carbocycles. The fourth-order valence-corrected chi connectivity index (χ4v) is 2.38. The molecule has 0 aromatic heterocycles. The van der Waals surface area contributed by atoms with Gasteiger partial charge in [-0.2, -0.15) is 0 Å². The second-order valence-corrected chi connectivity index (χ2v) is 5.95. The molecule has 0 radical (unpaired) electrons. The van der Waals surface area contributed by atoms with E-state index < -0.39 is 17.6 Å². The molecule has 0 atom stereocenters. The van der Waals surface area contributed by atoms with Crippen LogP contribution < -0.4 is 10.1 Å². The number of nitrogens with one attached hydrogen (secondary N) is 1. The maximum Gasteiger partial charge on any atom is 0.260 e. The molecule has 1 N–H and O–H groups in total. The Bertz CT molecular complexity index is 749. The summed E-state index contributed by atoms with van der Waals surface area (Å²) < 4.78 is 18.0. The molecular formula is C17H15Cl2FN2O3. The molecule has 0 unspecified atom stereocenters. The fraction of sp³-hybridized carbons (Fsp3) is 0.176. The van der Waals surface area contributed by atoms with Gasteiger partial charge in [0.25, 0.3) is 5.91 Å². The molecule has 5 nitrogen and oxygen atoms in total. The zero-order valence-corrected chi connectivity index (χ0v) is 14.8. The number of amides is 2. The summed E-state index contributed by atoms with van der Waals surface area (Å²) >= 11 is 11.9. The molecule has 0 bridgehead atoms. The highest BCUT2D eigenvalue weighted by Gasteiger charge is 2.15. The Hall–Kier alpha value is -2.31. The first-order chi connectivity index (χ1) is 11.9. The largest absolute Gasteiger partial charge is 0.484 e. The van der Waals surface area contributed by atoms with E-state index in [0.717, 1.165) is 0 Å². The monoisotopic (exact) mass is 384 g/mol. The summed E-state index contributed by atoms with van der Waals surface area (Å²) in [6, 6.07) is 10.1. The normalized spacial score (nSPS) is 10.2. The van der Waals surface area contributed by atoms with Crippen molar-refractivity contribution in [2.45, 2.75) is 0 Å². The highest BCUT2D eigenvalue weighted by atomic mass is 35.5. The Morgan fingerprint density at radius 1 is 1.12 bits per heavy atom. The van der Waals surface area contributed by atoms with Crippen LogP contribution in [0.5, 0.6) is 5.75 Å². The van der Waals surface area contributed by atoms with Crippen molar-refractivity contribution in [3.63, 3.8) is 0 Å². The van der Waals surface area contributed by atoms with Gasteiger partial charge in [0.15, 0.2) is 6.61 Å². The van der Waals surface area contributed by atoms with Gasteiger partial charge in [0.2, 0.25) is 5.91 Å². The molecule has 25 heavy (non-hydrogen) atoms. The molecule has 2 amide bonds. The van der Waals surface area contributed by atoms with Crippen molar-refractivity contribution in [1.29, 1.82) is 0 Å². The van der Waals surface area contributed by atoms with Crippen molar-refractivity contribution in [2.24, 2.45) is 0 Å². The van der Waals surface area contributed by atoms with Crippen LogP contribution in [-0.4, -0.2) is 36.9 Å². The van der Waals surface area contributed by atoms with Gasteiger partial charge in [-0.3, -0.25) is 9.59 Å². The molecule has 0 aliphatic rings. The lowest BCUT2D eigenvalue weighted by Crippen LogP contribution is -2.37. The molecule has 132 valence electrons. The maximum atomic E-state index is 12.8. The minimum atomic E-state index is -0.451. The Balaban J connectivity index is 1.85. The molecule has 8 heteroatoms. The van der Waals surface area contributed by atoms with Gasteiger partial charge in [-0.15, -0.1) is 0 Å². The first kappa shape index (κ1) is 19.0. The second kappa shape index (κ2) is 8.69. The van der Waals surface area contributed by atoms with Crippen LogP contribution in [0.4, 0.5) is 10.1 Å². The highest BCUT2D eigenvalue weighted by molar-refractivity contribution is 6.39. The smallest absolute Gasteiger partial charge is 0.260 e. The standard InChI is InChI=1S/C17H15Cl2FN2O3/c1-22(16(24)10-25-12-7-5-11(20)6-8-12)9-15(23)21-17-13(18)3-2-4-14(17)19/h2-8H,9-10H2,1H3,(H,21,23). The topological polar surface area (TPSA) is 58.6 Å². The van der Waals surface area contributed by atoms with E-state index in [0.29, 0.717) is 21.5 Å². The number of carbonyl (C=O) groups is 2. The number of hydrogen-bond donors (Lipinski definition) is 1. The quantitative estimate of drug-likeness (QED) is 0.827. The van der Waals surface area contributed by atoms with Gasteiger partial charge in [0.1, 0.15) is 11.6 Å². The van der Waals surface area contributed by atoms with Gasteiger partial charge in [-0.1, -0.05) is 29.3 Å². The third kappa shape index (κ3) is 5.62. The van der Waals surface area contributed by atoms with Crippen molar-refractivity contribution in [1.82, 2.24) is 4.90 Å². The van der Waals surface area contributed by atoms with Crippen molar-refractivity contribution in [3.8, 4) is 5.75 Å². The maximum absolute atomic E-state index is 12.8. The molecule has 0 saturated heterocycles.